The predicted molar refractivity (Wildman–Crippen MR) is 113 cm³/mol. The van der Waals surface area contributed by atoms with E-state index in [0.717, 1.165) is 5.56 Å². The highest BCUT2D eigenvalue weighted by Crippen LogP contribution is 2.35. The van der Waals surface area contributed by atoms with E-state index in [4.69, 9.17) is 9.84 Å². The fourth-order valence-corrected chi connectivity index (χ4v) is 3.43. The molecule has 4 rings (SSSR count). The number of carboxylic acid groups (broad SMARTS) is 1. The summed E-state index contributed by atoms with van der Waals surface area (Å²) in [5.74, 6) is -1.64. The number of hydrogen-bond donors (Lipinski definition) is 3. The van der Waals surface area contributed by atoms with Gasteiger partial charge < -0.3 is 20.3 Å². The number of carbonyl (C=O) groups is 2. The first kappa shape index (κ1) is 20.0. The summed E-state index contributed by atoms with van der Waals surface area (Å²) in [7, 11) is 1.45. The summed E-state index contributed by atoms with van der Waals surface area (Å²) in [6.07, 6.45) is 0. The standard InChI is InChI=1S/C22H19N3O6/c1-12-6-8-13(9-7-12)31-17-5-3-4-15-14(17)10-16-20(28)19(21(29)23-11-18(26)27)22(30)24(2)25(15)16/h3-10,28H,11H2,1-2H3,(H,23,29)(H,26,27). The van der Waals surface area contributed by atoms with Gasteiger partial charge in [0.05, 0.1) is 5.52 Å². The summed E-state index contributed by atoms with van der Waals surface area (Å²) in [5, 5.41) is 22.2. The smallest absolute Gasteiger partial charge is 0.322 e. The fraction of sp³-hybridized carbons (Fsp3) is 0.136. The Morgan fingerprint density at radius 3 is 2.48 bits per heavy atom. The molecule has 158 valence electrons. The number of nitrogens with one attached hydrogen (secondary N) is 1. The number of rotatable bonds is 5. The Morgan fingerprint density at radius 2 is 1.81 bits per heavy atom. The number of aromatic hydroxyl groups is 1. The van der Waals surface area contributed by atoms with Crippen molar-refractivity contribution in [1.82, 2.24) is 14.5 Å². The molecule has 1 amide bonds. The van der Waals surface area contributed by atoms with Gasteiger partial charge in [-0.25, -0.2) is 9.20 Å². The van der Waals surface area contributed by atoms with Crippen molar-refractivity contribution >= 4 is 28.3 Å². The van der Waals surface area contributed by atoms with Gasteiger partial charge in [-0.2, -0.15) is 0 Å². The molecular formula is C22H19N3O6. The van der Waals surface area contributed by atoms with E-state index in [9.17, 15) is 19.5 Å². The van der Waals surface area contributed by atoms with Crippen molar-refractivity contribution in [2.45, 2.75) is 6.92 Å². The predicted octanol–water partition coefficient (Wildman–Crippen LogP) is 2.41. The number of aromatic nitrogens is 2. The van der Waals surface area contributed by atoms with E-state index in [1.54, 1.807) is 24.3 Å². The molecule has 3 N–H and O–H groups in total. The number of aryl methyl sites for hydroxylation is 2. The molecular weight excluding hydrogens is 402 g/mol. The second-order valence-electron chi connectivity index (χ2n) is 7.07. The zero-order valence-corrected chi connectivity index (χ0v) is 16.7. The van der Waals surface area contributed by atoms with Crippen molar-refractivity contribution in [3.8, 4) is 17.2 Å². The van der Waals surface area contributed by atoms with Gasteiger partial charge >= 0.3 is 5.97 Å². The number of benzene rings is 2. The molecule has 2 aromatic heterocycles. The molecule has 0 aliphatic rings. The monoisotopic (exact) mass is 421 g/mol. The maximum absolute atomic E-state index is 12.8. The van der Waals surface area contributed by atoms with Crippen molar-refractivity contribution in [2.24, 2.45) is 7.05 Å². The minimum absolute atomic E-state index is 0.206. The van der Waals surface area contributed by atoms with E-state index < -0.39 is 35.3 Å². The fourth-order valence-electron chi connectivity index (χ4n) is 3.43. The Kier molecular flexibility index (Phi) is 4.86. The quantitative estimate of drug-likeness (QED) is 0.455. The molecule has 2 heterocycles. The van der Waals surface area contributed by atoms with E-state index in [1.165, 1.54) is 16.2 Å². The van der Waals surface area contributed by atoms with Crippen molar-refractivity contribution < 1.29 is 24.5 Å². The molecule has 31 heavy (non-hydrogen) atoms. The van der Waals surface area contributed by atoms with Crippen LogP contribution in [0, 0.1) is 6.92 Å². The SMILES string of the molecule is Cc1ccc(Oc2cccc3c2cc2c(O)c(C(=O)NCC(=O)O)c(=O)n(C)n23)cc1. The topological polar surface area (TPSA) is 122 Å². The third-order valence-electron chi connectivity index (χ3n) is 4.94. The number of amides is 1. The molecule has 9 heteroatoms. The normalized spacial score (nSPS) is 11.0. The van der Waals surface area contributed by atoms with E-state index >= 15 is 0 Å². The first-order valence-electron chi connectivity index (χ1n) is 9.39. The zero-order valence-electron chi connectivity index (χ0n) is 16.7. The Bertz CT molecular complexity index is 1400. The van der Waals surface area contributed by atoms with Crippen LogP contribution in [0.4, 0.5) is 0 Å². The maximum atomic E-state index is 12.8. The number of hydrogen-bond acceptors (Lipinski definition) is 5. The maximum Gasteiger partial charge on any atom is 0.322 e. The molecule has 0 saturated carbocycles. The summed E-state index contributed by atoms with van der Waals surface area (Å²) >= 11 is 0. The zero-order chi connectivity index (χ0) is 22.3. The molecule has 4 aromatic rings. The number of fused-ring (bicyclic) bond motifs is 3. The highest BCUT2D eigenvalue weighted by atomic mass is 16.5. The largest absolute Gasteiger partial charge is 0.505 e. The summed E-state index contributed by atoms with van der Waals surface area (Å²) in [5.41, 5.74) is 0.591. The third-order valence-corrected chi connectivity index (χ3v) is 4.94. The minimum Gasteiger partial charge on any atom is -0.505 e. The number of nitrogens with zero attached hydrogens (tertiary/aromatic N) is 2. The van der Waals surface area contributed by atoms with E-state index in [2.05, 4.69) is 5.32 Å². The third kappa shape index (κ3) is 3.46. The van der Waals surface area contributed by atoms with Gasteiger partial charge in [-0.1, -0.05) is 23.8 Å². The van der Waals surface area contributed by atoms with Gasteiger partial charge in [0.15, 0.2) is 5.75 Å². The average Bonchev–Trinajstić information content (AvgIpc) is 3.13. The van der Waals surface area contributed by atoms with Crippen molar-refractivity contribution in [2.75, 3.05) is 6.54 Å². The molecule has 0 fully saturated rings. The van der Waals surface area contributed by atoms with Gasteiger partial charge in [-0.05, 0) is 37.3 Å². The number of ether oxygens (including phenoxy) is 1. The molecule has 0 unspecified atom stereocenters. The van der Waals surface area contributed by atoms with Crippen LogP contribution in [-0.2, 0) is 11.8 Å². The van der Waals surface area contributed by atoms with Crippen molar-refractivity contribution in [1.29, 1.82) is 0 Å². The van der Waals surface area contributed by atoms with Crippen LogP contribution in [0.15, 0.2) is 53.3 Å². The van der Waals surface area contributed by atoms with Gasteiger partial charge in [-0.3, -0.25) is 14.4 Å². The van der Waals surface area contributed by atoms with Gasteiger partial charge in [0.2, 0.25) is 0 Å². The lowest BCUT2D eigenvalue weighted by molar-refractivity contribution is -0.135. The van der Waals surface area contributed by atoms with Crippen LogP contribution >= 0.6 is 0 Å². The van der Waals surface area contributed by atoms with Crippen LogP contribution in [0.25, 0.3) is 16.4 Å². The first-order valence-corrected chi connectivity index (χ1v) is 9.39. The summed E-state index contributed by atoms with van der Waals surface area (Å²) in [6.45, 7) is 1.29. The molecule has 0 radical (unpaired) electrons. The molecule has 0 saturated heterocycles. The molecule has 0 spiro atoms. The van der Waals surface area contributed by atoms with E-state index in [1.807, 2.05) is 31.2 Å². The Balaban J connectivity index is 1.89. The Labute approximate surface area is 175 Å². The second-order valence-corrected chi connectivity index (χ2v) is 7.07. The number of carbonyl (C=O) groups excluding carboxylic acids is 1. The average molecular weight is 421 g/mol. The number of carboxylic acids is 1. The molecule has 2 aromatic carbocycles. The highest BCUT2D eigenvalue weighted by Gasteiger charge is 2.24. The van der Waals surface area contributed by atoms with Gasteiger partial charge in [0.1, 0.15) is 29.1 Å². The lowest BCUT2D eigenvalue weighted by Gasteiger charge is -2.11. The van der Waals surface area contributed by atoms with Crippen LogP contribution in [0.5, 0.6) is 17.2 Å². The summed E-state index contributed by atoms with van der Waals surface area (Å²) in [6, 6.07) is 14.4. The summed E-state index contributed by atoms with van der Waals surface area (Å²) < 4.78 is 8.66. The Hall–Kier alpha value is -4.27. The second kappa shape index (κ2) is 7.52. The van der Waals surface area contributed by atoms with Gasteiger partial charge in [0, 0.05) is 12.4 Å². The highest BCUT2D eigenvalue weighted by molar-refractivity contribution is 6.02. The van der Waals surface area contributed by atoms with Crippen molar-refractivity contribution in [3.63, 3.8) is 0 Å². The van der Waals surface area contributed by atoms with Gasteiger partial charge in [-0.15, -0.1) is 0 Å². The van der Waals surface area contributed by atoms with Crippen LogP contribution in [-0.4, -0.2) is 37.8 Å². The molecule has 0 aliphatic heterocycles. The number of aliphatic carboxylic acids is 1. The van der Waals surface area contributed by atoms with E-state index in [0.29, 0.717) is 22.4 Å². The lowest BCUT2D eigenvalue weighted by Crippen LogP contribution is -2.36. The van der Waals surface area contributed by atoms with Crippen LogP contribution in [0.2, 0.25) is 0 Å². The first-order chi connectivity index (χ1) is 14.8. The van der Waals surface area contributed by atoms with E-state index in [-0.39, 0.29) is 5.52 Å². The van der Waals surface area contributed by atoms with Crippen LogP contribution in [0.1, 0.15) is 15.9 Å². The van der Waals surface area contributed by atoms with Crippen LogP contribution < -0.4 is 15.6 Å². The lowest BCUT2D eigenvalue weighted by atomic mass is 10.2. The van der Waals surface area contributed by atoms with Crippen LogP contribution in [0.3, 0.4) is 0 Å². The molecule has 0 atom stereocenters. The molecule has 0 bridgehead atoms. The van der Waals surface area contributed by atoms with Crippen molar-refractivity contribution in [3.05, 3.63) is 70.0 Å². The summed E-state index contributed by atoms with van der Waals surface area (Å²) in [4.78, 5) is 35.9. The molecule has 9 nitrogen and oxygen atoms in total. The molecule has 0 aliphatic carbocycles. The minimum atomic E-state index is -1.27. The van der Waals surface area contributed by atoms with Gasteiger partial charge in [0.25, 0.3) is 11.5 Å². The Morgan fingerprint density at radius 1 is 1.10 bits per heavy atom.